The fourth-order valence-electron chi connectivity index (χ4n) is 1.99. The molecule has 0 radical (unpaired) electrons. The molecule has 0 aliphatic rings. The molecule has 9 nitrogen and oxygen atoms in total. The maximum absolute atomic E-state index is 11.5. The minimum absolute atomic E-state index is 0.163. The highest BCUT2D eigenvalue weighted by Crippen LogP contribution is 2.36. The Hall–Kier alpha value is -3.43. The van der Waals surface area contributed by atoms with Crippen LogP contribution in [0.2, 0.25) is 5.02 Å². The molecule has 0 spiro atoms. The number of nitrogens with zero attached hydrogens (tertiary/aromatic N) is 6. The van der Waals surface area contributed by atoms with Crippen LogP contribution < -0.4 is 9.64 Å². The summed E-state index contributed by atoms with van der Waals surface area (Å²) in [6.07, 6.45) is 1.07. The van der Waals surface area contributed by atoms with E-state index in [4.69, 9.17) is 26.9 Å². The molecule has 0 bridgehead atoms. The van der Waals surface area contributed by atoms with E-state index in [1.165, 1.54) is 4.90 Å². The molecule has 0 fully saturated rings. The highest BCUT2D eigenvalue weighted by atomic mass is 35.5. The first-order chi connectivity index (χ1) is 12.0. The summed E-state index contributed by atoms with van der Waals surface area (Å²) in [5, 5.41) is 29.7. The van der Waals surface area contributed by atoms with E-state index in [-0.39, 0.29) is 24.8 Å². The number of aryl methyl sites for hydroxylation is 1. The number of nitriles is 2. The number of ether oxygens (including phenoxy) is 1. The van der Waals surface area contributed by atoms with Crippen molar-refractivity contribution in [2.24, 2.45) is 0 Å². The smallest absolute Gasteiger partial charge is 0.373 e. The zero-order chi connectivity index (χ0) is 18.4. The van der Waals surface area contributed by atoms with Crippen molar-refractivity contribution in [3.05, 3.63) is 45.2 Å². The molecule has 126 valence electrons. The summed E-state index contributed by atoms with van der Waals surface area (Å²) in [4.78, 5) is 19.6. The van der Waals surface area contributed by atoms with Crippen molar-refractivity contribution < 1.29 is 9.66 Å². The first-order valence-corrected chi connectivity index (χ1v) is 7.28. The Morgan fingerprint density at radius 1 is 1.32 bits per heavy atom. The predicted molar refractivity (Wildman–Crippen MR) is 88.4 cm³/mol. The van der Waals surface area contributed by atoms with E-state index in [1.54, 1.807) is 25.1 Å². The van der Waals surface area contributed by atoms with Crippen LogP contribution in [0.5, 0.6) is 11.6 Å². The van der Waals surface area contributed by atoms with E-state index in [0.29, 0.717) is 10.8 Å². The van der Waals surface area contributed by atoms with Crippen molar-refractivity contribution in [3.63, 3.8) is 0 Å². The second-order valence-electron chi connectivity index (χ2n) is 4.79. The summed E-state index contributed by atoms with van der Waals surface area (Å²) < 4.78 is 5.51. The largest absolute Gasteiger partial charge is 0.434 e. The number of rotatable bonds is 6. The van der Waals surface area contributed by atoms with Crippen LogP contribution in [0.3, 0.4) is 0 Å². The average Bonchev–Trinajstić information content (AvgIpc) is 2.57. The molecule has 0 atom stereocenters. The van der Waals surface area contributed by atoms with Crippen LogP contribution in [0.1, 0.15) is 5.56 Å². The van der Waals surface area contributed by atoms with Crippen molar-refractivity contribution in [1.29, 1.82) is 10.5 Å². The molecular weight excluding hydrogens is 348 g/mol. The quantitative estimate of drug-likeness (QED) is 0.437. The van der Waals surface area contributed by atoms with Gasteiger partial charge in [0, 0.05) is 5.02 Å². The Labute approximate surface area is 147 Å². The van der Waals surface area contributed by atoms with Gasteiger partial charge in [0.15, 0.2) is 0 Å². The molecule has 0 N–H and O–H groups in total. The lowest BCUT2D eigenvalue weighted by molar-refractivity contribution is -0.385. The lowest BCUT2D eigenvalue weighted by atomic mass is 10.2. The first kappa shape index (κ1) is 17.9. The lowest BCUT2D eigenvalue weighted by Crippen LogP contribution is -2.26. The van der Waals surface area contributed by atoms with Gasteiger partial charge in [-0.3, -0.25) is 10.1 Å². The van der Waals surface area contributed by atoms with Crippen molar-refractivity contribution in [2.75, 3.05) is 18.0 Å². The molecule has 0 aliphatic carbocycles. The molecule has 25 heavy (non-hydrogen) atoms. The topological polar surface area (TPSA) is 129 Å². The molecule has 1 aromatic carbocycles. The number of nitro groups is 1. The molecule has 0 saturated carbocycles. The Morgan fingerprint density at radius 3 is 2.56 bits per heavy atom. The van der Waals surface area contributed by atoms with E-state index >= 15 is 0 Å². The summed E-state index contributed by atoms with van der Waals surface area (Å²) >= 11 is 5.94. The normalized spacial score (nSPS) is 9.76. The second-order valence-corrected chi connectivity index (χ2v) is 5.20. The average molecular weight is 359 g/mol. The summed E-state index contributed by atoms with van der Waals surface area (Å²) in [6.45, 7) is 1.27. The van der Waals surface area contributed by atoms with Crippen molar-refractivity contribution in [3.8, 4) is 23.8 Å². The third-order valence-electron chi connectivity index (χ3n) is 3.12. The maximum atomic E-state index is 11.5. The third-order valence-corrected chi connectivity index (χ3v) is 3.54. The molecule has 10 heteroatoms. The monoisotopic (exact) mass is 358 g/mol. The van der Waals surface area contributed by atoms with Crippen LogP contribution in [0, 0.1) is 39.7 Å². The molecule has 2 aromatic rings. The Morgan fingerprint density at radius 2 is 2.00 bits per heavy atom. The van der Waals surface area contributed by atoms with Crippen LogP contribution in [0.15, 0.2) is 24.5 Å². The van der Waals surface area contributed by atoms with Gasteiger partial charge in [-0.05, 0) is 30.7 Å². The molecule has 2 rings (SSSR count). The van der Waals surface area contributed by atoms with Crippen LogP contribution in [0.25, 0.3) is 0 Å². The summed E-state index contributed by atoms with van der Waals surface area (Å²) in [6, 6.07) is 8.42. The third kappa shape index (κ3) is 4.10. The SMILES string of the molecule is Cc1cc(Oc2ncnc(N(CC#N)CC#N)c2[N+](=O)[O-])ccc1Cl. The van der Waals surface area contributed by atoms with E-state index in [9.17, 15) is 10.1 Å². The minimum Gasteiger partial charge on any atom is -0.434 e. The Balaban J connectivity index is 2.50. The van der Waals surface area contributed by atoms with Gasteiger partial charge in [0.1, 0.15) is 25.2 Å². The van der Waals surface area contributed by atoms with E-state index in [0.717, 1.165) is 11.9 Å². The highest BCUT2D eigenvalue weighted by molar-refractivity contribution is 6.31. The van der Waals surface area contributed by atoms with Gasteiger partial charge in [-0.15, -0.1) is 0 Å². The molecule has 0 amide bonds. The summed E-state index contributed by atoms with van der Waals surface area (Å²) in [5.41, 5.74) is 0.201. The summed E-state index contributed by atoms with van der Waals surface area (Å²) in [5.74, 6) is -0.150. The van der Waals surface area contributed by atoms with Gasteiger partial charge >= 0.3 is 11.6 Å². The predicted octanol–water partition coefficient (Wildman–Crippen LogP) is 2.99. The van der Waals surface area contributed by atoms with E-state index in [2.05, 4.69) is 9.97 Å². The molecule has 0 unspecified atom stereocenters. The zero-order valence-corrected chi connectivity index (χ0v) is 13.8. The minimum atomic E-state index is -0.713. The van der Waals surface area contributed by atoms with Gasteiger partial charge in [0.05, 0.1) is 17.1 Å². The van der Waals surface area contributed by atoms with Gasteiger partial charge in [-0.2, -0.15) is 15.5 Å². The molecule has 0 saturated heterocycles. The van der Waals surface area contributed by atoms with Crippen molar-refractivity contribution >= 4 is 23.1 Å². The number of hydrogen-bond acceptors (Lipinski definition) is 8. The van der Waals surface area contributed by atoms with E-state index < -0.39 is 10.6 Å². The van der Waals surface area contributed by atoms with Gasteiger partial charge in [-0.1, -0.05) is 11.6 Å². The van der Waals surface area contributed by atoms with Crippen molar-refractivity contribution in [1.82, 2.24) is 9.97 Å². The fourth-order valence-corrected chi connectivity index (χ4v) is 2.11. The Bertz CT molecular complexity index is 874. The van der Waals surface area contributed by atoms with Gasteiger partial charge in [-0.25, -0.2) is 4.98 Å². The van der Waals surface area contributed by atoms with E-state index in [1.807, 2.05) is 12.1 Å². The Kier molecular flexibility index (Phi) is 5.66. The molecule has 1 aromatic heterocycles. The number of halogens is 1. The number of hydrogen-bond donors (Lipinski definition) is 0. The zero-order valence-electron chi connectivity index (χ0n) is 13.0. The maximum Gasteiger partial charge on any atom is 0.373 e. The van der Waals surface area contributed by atoms with Gasteiger partial charge < -0.3 is 9.64 Å². The highest BCUT2D eigenvalue weighted by Gasteiger charge is 2.28. The standard InChI is InChI=1S/C15H11ClN6O3/c1-10-8-11(2-3-12(10)16)25-15-13(22(23)24)14(19-9-20-15)21(6-4-17)7-5-18/h2-3,8-9H,6-7H2,1H3. The number of aromatic nitrogens is 2. The van der Waals surface area contributed by atoms with Crippen LogP contribution in [-0.4, -0.2) is 28.0 Å². The second kappa shape index (κ2) is 7.90. The molecule has 1 heterocycles. The first-order valence-electron chi connectivity index (χ1n) is 6.90. The number of anilines is 1. The lowest BCUT2D eigenvalue weighted by Gasteiger charge is -2.17. The van der Waals surface area contributed by atoms with Crippen LogP contribution >= 0.6 is 11.6 Å². The van der Waals surface area contributed by atoms with Crippen LogP contribution in [0.4, 0.5) is 11.5 Å². The fraction of sp³-hybridized carbons (Fsp3) is 0.200. The van der Waals surface area contributed by atoms with Crippen LogP contribution in [-0.2, 0) is 0 Å². The van der Waals surface area contributed by atoms with Gasteiger partial charge in [0.25, 0.3) is 0 Å². The molecular formula is C15H11ClN6O3. The van der Waals surface area contributed by atoms with Gasteiger partial charge in [0.2, 0.25) is 5.82 Å². The summed E-state index contributed by atoms with van der Waals surface area (Å²) in [7, 11) is 0. The number of benzene rings is 1. The molecule has 0 aliphatic heterocycles. The van der Waals surface area contributed by atoms with Crippen molar-refractivity contribution in [2.45, 2.75) is 6.92 Å².